The fourth-order valence-corrected chi connectivity index (χ4v) is 4.85. The largest absolute Gasteiger partial charge is 0.331 e. The van der Waals surface area contributed by atoms with Crippen LogP contribution < -0.4 is 11.5 Å². The van der Waals surface area contributed by atoms with Crippen molar-refractivity contribution in [1.29, 1.82) is 0 Å². The summed E-state index contributed by atoms with van der Waals surface area (Å²) in [7, 11) is 3.63. The second kappa shape index (κ2) is 17.7. The second-order valence-electron chi connectivity index (χ2n) is 9.02. The first-order chi connectivity index (χ1) is 21.0. The van der Waals surface area contributed by atoms with Gasteiger partial charge < -0.3 is 16.4 Å². The first-order valence-electron chi connectivity index (χ1n) is 15.4. The minimum Gasteiger partial charge on any atom is -0.331 e. The molecule has 4 N–H and O–H groups in total. The summed E-state index contributed by atoms with van der Waals surface area (Å²) < 4.78 is 0. The first-order valence-corrected chi connectivity index (χ1v) is 15.4. The molecule has 0 radical (unpaired) electrons. The molecule has 43 heavy (non-hydrogen) atoms. The molecular formula is C36H49N7. The van der Waals surface area contributed by atoms with Crippen LogP contribution in [0, 0.1) is 0 Å². The molecule has 2 heterocycles. The Morgan fingerprint density at radius 2 is 1.00 bits per heavy atom. The van der Waals surface area contributed by atoms with E-state index < -0.39 is 0 Å². The lowest BCUT2D eigenvalue weighted by molar-refractivity contribution is 0.656. The first kappa shape index (κ1) is 35.0. The van der Waals surface area contributed by atoms with Crippen LogP contribution in [-0.2, 0) is 0 Å². The molecule has 6 rings (SSSR count). The Bertz CT molecular complexity index is 1610. The number of fused-ring (bicyclic) bond motifs is 4. The van der Waals surface area contributed by atoms with Crippen molar-refractivity contribution in [3.8, 4) is 0 Å². The summed E-state index contributed by atoms with van der Waals surface area (Å²) in [5.74, 6) is 3.24. The minimum atomic E-state index is 0.696. The van der Waals surface area contributed by atoms with E-state index in [4.69, 9.17) is 21.5 Å². The maximum absolute atomic E-state index is 5.15. The number of hydrogen-bond donors (Lipinski definition) is 2. The molecule has 0 aliphatic carbocycles. The zero-order valence-corrected chi connectivity index (χ0v) is 27.4. The van der Waals surface area contributed by atoms with Crippen molar-refractivity contribution >= 4 is 44.9 Å². The summed E-state index contributed by atoms with van der Waals surface area (Å²) in [6, 6.07) is 25.5. The topological polar surface area (TPSA) is 105 Å². The molecule has 4 aromatic rings. The molecule has 2 aliphatic rings. The summed E-state index contributed by atoms with van der Waals surface area (Å²) in [4.78, 5) is 21.2. The van der Waals surface area contributed by atoms with Crippen molar-refractivity contribution in [2.24, 2.45) is 31.4 Å². The number of benzene rings is 4. The van der Waals surface area contributed by atoms with E-state index in [1.54, 1.807) is 7.05 Å². The van der Waals surface area contributed by atoms with Crippen molar-refractivity contribution < 1.29 is 0 Å². The zero-order chi connectivity index (χ0) is 31.9. The van der Waals surface area contributed by atoms with Crippen LogP contribution in [0.1, 0.15) is 70.7 Å². The lowest BCUT2D eigenvalue weighted by atomic mass is 10.0. The average Bonchev–Trinajstić information content (AvgIpc) is 3.54. The normalized spacial score (nSPS) is 15.4. The summed E-state index contributed by atoms with van der Waals surface area (Å²) in [5, 5.41) is 4.73. The second-order valence-corrected chi connectivity index (χ2v) is 9.02. The van der Waals surface area contributed by atoms with Crippen LogP contribution >= 0.6 is 0 Å². The molecule has 0 aromatic heterocycles. The summed E-state index contributed by atoms with van der Waals surface area (Å²) in [5.41, 5.74) is 13.9. The van der Waals surface area contributed by atoms with Crippen LogP contribution in [-0.4, -0.2) is 62.0 Å². The molecule has 7 nitrogen and oxygen atoms in total. The number of nitrogens with two attached hydrogens (primary N) is 2. The third-order valence-corrected chi connectivity index (χ3v) is 6.41. The van der Waals surface area contributed by atoms with Crippen molar-refractivity contribution in [3.05, 3.63) is 95.1 Å². The van der Waals surface area contributed by atoms with Gasteiger partial charge in [0.25, 0.3) is 0 Å². The van der Waals surface area contributed by atoms with E-state index in [2.05, 4.69) is 94.6 Å². The van der Waals surface area contributed by atoms with Crippen molar-refractivity contribution in [2.75, 3.05) is 33.7 Å². The molecular weight excluding hydrogens is 530 g/mol. The van der Waals surface area contributed by atoms with Crippen LogP contribution in [0.3, 0.4) is 0 Å². The van der Waals surface area contributed by atoms with Gasteiger partial charge in [-0.25, -0.2) is 9.98 Å². The third-order valence-electron chi connectivity index (χ3n) is 6.41. The molecule has 0 spiro atoms. The van der Waals surface area contributed by atoms with Gasteiger partial charge in [0.1, 0.15) is 11.7 Å². The highest BCUT2D eigenvalue weighted by Crippen LogP contribution is 2.31. The van der Waals surface area contributed by atoms with E-state index in [-0.39, 0.29) is 0 Å². The number of nitrogens with zero attached hydrogens (tertiary/aromatic N) is 5. The van der Waals surface area contributed by atoms with Gasteiger partial charge in [0.2, 0.25) is 0 Å². The van der Waals surface area contributed by atoms with Gasteiger partial charge in [0, 0.05) is 42.9 Å². The van der Waals surface area contributed by atoms with E-state index in [0.717, 1.165) is 59.4 Å². The summed E-state index contributed by atoms with van der Waals surface area (Å²) >= 11 is 0. The highest BCUT2D eigenvalue weighted by molar-refractivity contribution is 6.32. The molecule has 4 aromatic carbocycles. The molecule has 7 heteroatoms. The fourth-order valence-electron chi connectivity index (χ4n) is 4.85. The molecule has 0 saturated carbocycles. The fraction of sp³-hybridized carbons (Fsp3) is 0.333. The Balaban J connectivity index is 0.000000579. The number of aliphatic imine (C=N–C) groups is 4. The Morgan fingerprint density at radius 3 is 1.40 bits per heavy atom. The number of rotatable bonds is 1. The number of amidine groups is 4. The van der Waals surface area contributed by atoms with Crippen molar-refractivity contribution in [1.82, 2.24) is 4.90 Å². The van der Waals surface area contributed by atoms with E-state index >= 15 is 0 Å². The summed E-state index contributed by atoms with van der Waals surface area (Å²) in [6.07, 6.45) is 0. The molecule has 0 atom stereocenters. The zero-order valence-electron chi connectivity index (χ0n) is 27.4. The lowest BCUT2D eigenvalue weighted by Crippen LogP contribution is -2.31. The molecule has 228 valence electrons. The molecule has 2 aliphatic heterocycles. The van der Waals surface area contributed by atoms with Gasteiger partial charge in [-0.15, -0.1) is 0 Å². The van der Waals surface area contributed by atoms with Gasteiger partial charge in [-0.2, -0.15) is 0 Å². The van der Waals surface area contributed by atoms with E-state index in [1.165, 1.54) is 21.5 Å². The van der Waals surface area contributed by atoms with Gasteiger partial charge in [-0.05, 0) is 65.8 Å². The minimum absolute atomic E-state index is 0.696. The Hall–Kier alpha value is -4.20. The maximum Gasteiger partial charge on any atom is 0.164 e. The average molecular weight is 580 g/mol. The van der Waals surface area contributed by atoms with E-state index in [1.807, 2.05) is 48.6 Å². The van der Waals surface area contributed by atoms with Crippen LogP contribution in [0.4, 0.5) is 0 Å². The van der Waals surface area contributed by atoms with E-state index in [0.29, 0.717) is 5.84 Å². The highest BCUT2D eigenvalue weighted by atomic mass is 15.3. The van der Waals surface area contributed by atoms with Gasteiger partial charge in [0.05, 0.1) is 0 Å². The van der Waals surface area contributed by atoms with Gasteiger partial charge in [-0.3, -0.25) is 9.98 Å². The van der Waals surface area contributed by atoms with Crippen molar-refractivity contribution in [3.63, 3.8) is 0 Å². The predicted molar refractivity (Wildman–Crippen MR) is 190 cm³/mol. The monoisotopic (exact) mass is 579 g/mol. The van der Waals surface area contributed by atoms with Crippen LogP contribution in [0.15, 0.2) is 92.8 Å². The third kappa shape index (κ3) is 7.61. The van der Waals surface area contributed by atoms with E-state index in [9.17, 15) is 0 Å². The van der Waals surface area contributed by atoms with Crippen LogP contribution in [0.2, 0.25) is 0 Å². The number of hydrogen-bond acceptors (Lipinski definition) is 5. The maximum atomic E-state index is 5.15. The lowest BCUT2D eigenvalue weighted by Gasteiger charge is -2.17. The van der Waals surface area contributed by atoms with Crippen LogP contribution in [0.25, 0.3) is 21.5 Å². The molecule has 0 fully saturated rings. The molecule has 0 bridgehead atoms. The quantitative estimate of drug-likeness (QED) is 0.248. The SMILES string of the molecule is CC.CC.CCN.CCN.CCN1C(=NC)c2cc3ccccc3cc2C1=NC1=NC(=NC)c2cc3ccccc3cc21. The van der Waals surface area contributed by atoms with Crippen LogP contribution in [0.5, 0.6) is 0 Å². The van der Waals surface area contributed by atoms with Gasteiger partial charge >= 0.3 is 0 Å². The summed E-state index contributed by atoms with van der Waals surface area (Å²) in [6.45, 7) is 16.2. The predicted octanol–water partition coefficient (Wildman–Crippen LogP) is 7.27. The Kier molecular flexibility index (Phi) is 14.4. The smallest absolute Gasteiger partial charge is 0.164 e. The van der Waals surface area contributed by atoms with Gasteiger partial charge in [0.15, 0.2) is 11.7 Å². The standard InChI is InChI=1S/C28H23N5.2C2H7N.2C2H6/c1-4-33-27(30-3)23-15-19-11-7-8-12-20(19)16-24(23)28(33)32-26-22-14-18-10-6-5-9-17(18)13-21(22)25(29-2)31-26;2*1-2-3;2*1-2/h5-16H,4H2,1-3H3;2*2-3H2,1H3;2*1-2H3. The molecule has 0 unspecified atom stereocenters. The highest BCUT2D eigenvalue weighted by Gasteiger charge is 2.32. The Labute approximate surface area is 258 Å². The Morgan fingerprint density at radius 1 is 0.605 bits per heavy atom. The molecule has 0 saturated heterocycles. The van der Waals surface area contributed by atoms with Gasteiger partial charge in [-0.1, -0.05) is 90.1 Å². The van der Waals surface area contributed by atoms with Crippen molar-refractivity contribution in [2.45, 2.75) is 48.5 Å². The molecule has 0 amide bonds.